The number of hydrogen-bond acceptors (Lipinski definition) is 9. The highest BCUT2D eigenvalue weighted by Crippen LogP contribution is 2.36. The fourth-order valence-corrected chi connectivity index (χ4v) is 5.84. The number of pyridine rings is 2. The van der Waals surface area contributed by atoms with Gasteiger partial charge in [-0.1, -0.05) is 36.4 Å². The van der Waals surface area contributed by atoms with Crippen LogP contribution in [0.15, 0.2) is 114 Å². The number of phenolic OH excluding ortho intramolecular Hbond substituents is 1. The van der Waals surface area contributed by atoms with Crippen LogP contribution < -0.4 is 25.7 Å². The molecule has 13 heteroatoms. The molecule has 1 amide bonds. The van der Waals surface area contributed by atoms with E-state index in [0.717, 1.165) is 17.4 Å². The molecule has 0 saturated heterocycles. The topological polar surface area (TPSA) is 153 Å². The average molecular weight is 701 g/mol. The molecule has 52 heavy (non-hydrogen) atoms. The summed E-state index contributed by atoms with van der Waals surface area (Å²) >= 11 is 0. The minimum absolute atomic E-state index is 0.0733. The summed E-state index contributed by atoms with van der Waals surface area (Å²) in [4.78, 5) is 31.7. The van der Waals surface area contributed by atoms with E-state index in [2.05, 4.69) is 15.6 Å². The van der Waals surface area contributed by atoms with Gasteiger partial charge in [-0.15, -0.1) is 0 Å². The maximum absolute atomic E-state index is 15.7. The molecule has 0 saturated carbocycles. The van der Waals surface area contributed by atoms with E-state index in [1.54, 1.807) is 67.2 Å². The molecule has 12 nitrogen and oxygen atoms in total. The lowest BCUT2D eigenvalue weighted by Gasteiger charge is -2.14. The zero-order chi connectivity index (χ0) is 36.4. The number of rotatable bonds is 11. The standard InChI is InChI=1S/C39H33FN6O6/c1-23(22-47)42-36-35-34(17-18-41-37(35)45(44-36)21-24-11-14-27(51-2)15-12-24)52-33-16-13-25(19-30(33)40)43-38(49)29-20-28-31(9-6-10-32(28)48)46(39(29)50)26-7-4-3-5-8-26/h3-20,23,47-48H,21-22H2,1-2H3,(H,42,44)(H,43,49). The second-order valence-electron chi connectivity index (χ2n) is 12.0. The normalized spacial score (nSPS) is 11.8. The monoisotopic (exact) mass is 700 g/mol. The van der Waals surface area contributed by atoms with Crippen LogP contribution in [0.2, 0.25) is 0 Å². The molecule has 0 fully saturated rings. The molecule has 3 heterocycles. The Morgan fingerprint density at radius 1 is 0.962 bits per heavy atom. The molecular weight excluding hydrogens is 667 g/mol. The van der Waals surface area contributed by atoms with Crippen molar-refractivity contribution in [1.29, 1.82) is 0 Å². The van der Waals surface area contributed by atoms with E-state index >= 15 is 4.39 Å². The molecule has 1 unspecified atom stereocenters. The summed E-state index contributed by atoms with van der Waals surface area (Å²) in [6.45, 7) is 1.99. The minimum atomic E-state index is -0.790. The summed E-state index contributed by atoms with van der Waals surface area (Å²) in [5.41, 5.74) is 1.53. The van der Waals surface area contributed by atoms with Gasteiger partial charge in [0.2, 0.25) is 0 Å². The number of methoxy groups -OCH3 is 1. The van der Waals surface area contributed by atoms with Crippen molar-refractivity contribution in [2.45, 2.75) is 19.5 Å². The maximum atomic E-state index is 15.7. The van der Waals surface area contributed by atoms with Crippen molar-refractivity contribution in [2.75, 3.05) is 24.4 Å². The summed E-state index contributed by atoms with van der Waals surface area (Å²) in [6, 6.07) is 27.5. The van der Waals surface area contributed by atoms with Crippen LogP contribution in [-0.4, -0.2) is 55.2 Å². The summed E-state index contributed by atoms with van der Waals surface area (Å²) < 4.78 is 30.0. The predicted octanol–water partition coefficient (Wildman–Crippen LogP) is 6.47. The average Bonchev–Trinajstić information content (AvgIpc) is 3.50. The molecule has 4 aromatic carbocycles. The summed E-state index contributed by atoms with van der Waals surface area (Å²) in [5.74, 6) is -0.464. The van der Waals surface area contributed by atoms with E-state index in [4.69, 9.17) is 14.6 Å². The number of benzene rings is 4. The number of nitrogens with zero attached hydrogens (tertiary/aromatic N) is 4. The number of hydrogen-bond donors (Lipinski definition) is 4. The number of amides is 1. The molecule has 0 spiro atoms. The van der Waals surface area contributed by atoms with Crippen LogP contribution in [0.5, 0.6) is 23.0 Å². The number of aromatic hydroxyl groups is 1. The molecule has 0 aliphatic rings. The Balaban J connectivity index is 1.19. The largest absolute Gasteiger partial charge is 0.507 e. The third kappa shape index (κ3) is 6.60. The molecule has 7 rings (SSSR count). The number of aliphatic hydroxyl groups excluding tert-OH is 1. The van der Waals surface area contributed by atoms with Crippen molar-refractivity contribution >= 4 is 39.3 Å². The van der Waals surface area contributed by atoms with Crippen LogP contribution in [0.1, 0.15) is 22.8 Å². The predicted molar refractivity (Wildman–Crippen MR) is 195 cm³/mol. The van der Waals surface area contributed by atoms with Gasteiger partial charge in [-0.3, -0.25) is 14.2 Å². The zero-order valence-corrected chi connectivity index (χ0v) is 28.1. The lowest BCUT2D eigenvalue weighted by molar-refractivity contribution is 0.102. The number of aromatic nitrogens is 4. The fraction of sp³-hybridized carbons (Fsp3) is 0.128. The van der Waals surface area contributed by atoms with Gasteiger partial charge >= 0.3 is 0 Å². The first-order valence-corrected chi connectivity index (χ1v) is 16.3. The number of para-hydroxylation sites is 1. The molecule has 1 atom stereocenters. The van der Waals surface area contributed by atoms with Gasteiger partial charge in [0.05, 0.1) is 25.8 Å². The first kappa shape index (κ1) is 33.8. The number of phenols is 1. The molecule has 0 bridgehead atoms. The van der Waals surface area contributed by atoms with E-state index in [9.17, 15) is 19.8 Å². The molecule has 0 aliphatic heterocycles. The van der Waals surface area contributed by atoms with Gasteiger partial charge in [0.1, 0.15) is 28.2 Å². The molecule has 3 aromatic heterocycles. The van der Waals surface area contributed by atoms with Crippen LogP contribution in [0.4, 0.5) is 15.9 Å². The zero-order valence-electron chi connectivity index (χ0n) is 28.1. The van der Waals surface area contributed by atoms with E-state index in [0.29, 0.717) is 40.0 Å². The maximum Gasteiger partial charge on any atom is 0.268 e. The van der Waals surface area contributed by atoms with Gasteiger partial charge in [-0.05, 0) is 67.1 Å². The Morgan fingerprint density at radius 2 is 1.75 bits per heavy atom. The van der Waals surface area contributed by atoms with Crippen molar-refractivity contribution < 1.29 is 28.9 Å². The molecule has 0 aliphatic carbocycles. The van der Waals surface area contributed by atoms with Crippen molar-refractivity contribution in [3.05, 3.63) is 137 Å². The molecule has 7 aromatic rings. The summed E-state index contributed by atoms with van der Waals surface area (Å²) in [6.07, 6.45) is 1.53. The highest BCUT2D eigenvalue weighted by molar-refractivity contribution is 6.06. The minimum Gasteiger partial charge on any atom is -0.507 e. The number of anilines is 2. The lowest BCUT2D eigenvalue weighted by atomic mass is 10.1. The highest BCUT2D eigenvalue weighted by atomic mass is 19.1. The van der Waals surface area contributed by atoms with Gasteiger partial charge in [0.15, 0.2) is 23.0 Å². The number of aliphatic hydroxyl groups is 1. The van der Waals surface area contributed by atoms with Gasteiger partial charge < -0.3 is 30.3 Å². The van der Waals surface area contributed by atoms with E-state index in [-0.39, 0.29) is 41.1 Å². The van der Waals surface area contributed by atoms with E-state index in [1.807, 2.05) is 24.3 Å². The third-order valence-electron chi connectivity index (χ3n) is 8.43. The SMILES string of the molecule is COc1ccc(Cn2nc(NC(C)CO)c3c(Oc4ccc(NC(=O)c5cc6c(O)cccc6n(-c6ccccc6)c5=O)cc4F)ccnc32)cc1. The highest BCUT2D eigenvalue weighted by Gasteiger charge is 2.22. The van der Waals surface area contributed by atoms with E-state index in [1.165, 1.54) is 35.0 Å². The third-order valence-corrected chi connectivity index (χ3v) is 8.43. The summed E-state index contributed by atoms with van der Waals surface area (Å²) in [5, 5.41) is 31.6. The van der Waals surface area contributed by atoms with Crippen LogP contribution in [-0.2, 0) is 6.54 Å². The Labute approximate surface area is 296 Å². The van der Waals surface area contributed by atoms with Crippen molar-refractivity contribution in [3.8, 4) is 28.7 Å². The van der Waals surface area contributed by atoms with Crippen molar-refractivity contribution in [3.63, 3.8) is 0 Å². The molecule has 0 radical (unpaired) electrons. The first-order chi connectivity index (χ1) is 25.2. The Morgan fingerprint density at radius 3 is 2.48 bits per heavy atom. The van der Waals surface area contributed by atoms with Crippen molar-refractivity contribution in [1.82, 2.24) is 19.3 Å². The smallest absolute Gasteiger partial charge is 0.268 e. The van der Waals surface area contributed by atoms with Crippen molar-refractivity contribution in [2.24, 2.45) is 0 Å². The fourth-order valence-electron chi connectivity index (χ4n) is 5.84. The van der Waals surface area contributed by atoms with E-state index < -0.39 is 17.3 Å². The van der Waals surface area contributed by atoms with Gasteiger partial charge in [-0.2, -0.15) is 5.10 Å². The Bertz CT molecular complexity index is 2480. The molecule has 4 N–H and O–H groups in total. The summed E-state index contributed by atoms with van der Waals surface area (Å²) in [7, 11) is 1.59. The van der Waals surface area contributed by atoms with Crippen LogP contribution >= 0.6 is 0 Å². The number of carbonyl (C=O) groups excluding carboxylic acids is 1. The number of fused-ring (bicyclic) bond motifs is 2. The second-order valence-corrected chi connectivity index (χ2v) is 12.0. The van der Waals surface area contributed by atoms with Gasteiger partial charge in [-0.25, -0.2) is 14.1 Å². The quantitative estimate of drug-likeness (QED) is 0.119. The number of ether oxygens (including phenoxy) is 2. The molecule has 262 valence electrons. The number of halogens is 1. The number of carbonyl (C=O) groups is 1. The van der Waals surface area contributed by atoms with Crippen LogP contribution in [0, 0.1) is 5.82 Å². The lowest BCUT2D eigenvalue weighted by Crippen LogP contribution is -2.28. The van der Waals surface area contributed by atoms with Crippen LogP contribution in [0.3, 0.4) is 0 Å². The Hall–Kier alpha value is -6.73. The van der Waals surface area contributed by atoms with Gasteiger partial charge in [0.25, 0.3) is 11.5 Å². The second kappa shape index (κ2) is 14.2. The molecular formula is C39H33FN6O6. The first-order valence-electron chi connectivity index (χ1n) is 16.3. The number of nitrogens with one attached hydrogen (secondary N) is 2. The van der Waals surface area contributed by atoms with Crippen LogP contribution in [0.25, 0.3) is 27.6 Å². The van der Waals surface area contributed by atoms with Gasteiger partial charge in [0, 0.05) is 41.1 Å². The Kier molecular flexibility index (Phi) is 9.25.